The average Bonchev–Trinajstić information content (AvgIpc) is 2.65. The maximum atomic E-state index is 5.59. The summed E-state index contributed by atoms with van der Waals surface area (Å²) in [7, 11) is 6.65. The summed E-state index contributed by atoms with van der Waals surface area (Å²) in [4.78, 5) is 0. The van der Waals surface area contributed by atoms with E-state index in [0.29, 0.717) is 0 Å². The maximum absolute atomic E-state index is 5.59. The van der Waals surface area contributed by atoms with Crippen molar-refractivity contribution in [3.05, 3.63) is 48.5 Å². The minimum Gasteiger partial charge on any atom is -0.497 e. The van der Waals surface area contributed by atoms with Crippen LogP contribution in [0.4, 0.5) is 0 Å². The molecule has 24 heavy (non-hydrogen) atoms. The molecule has 0 atom stereocenters. The van der Waals surface area contributed by atoms with Crippen LogP contribution in [-0.2, 0) is 0 Å². The van der Waals surface area contributed by atoms with E-state index in [9.17, 15) is 0 Å². The van der Waals surface area contributed by atoms with Gasteiger partial charge in [-0.15, -0.1) is 0 Å². The Hall–Kier alpha value is -2.88. The summed E-state index contributed by atoms with van der Waals surface area (Å²) in [6.45, 7) is 0. The lowest BCUT2D eigenvalue weighted by Gasteiger charge is -2.16. The van der Waals surface area contributed by atoms with Crippen LogP contribution in [0.2, 0.25) is 0 Å². The zero-order valence-corrected chi connectivity index (χ0v) is 14.3. The molecule has 0 amide bonds. The average molecular weight is 324 g/mol. The van der Waals surface area contributed by atoms with Crippen molar-refractivity contribution >= 4 is 10.8 Å². The van der Waals surface area contributed by atoms with Gasteiger partial charge in [0, 0.05) is 16.3 Å². The van der Waals surface area contributed by atoms with Gasteiger partial charge in [-0.05, 0) is 42.0 Å². The largest absolute Gasteiger partial charge is 0.497 e. The Balaban J connectivity index is 2.39. The Kier molecular flexibility index (Phi) is 4.47. The SMILES string of the molecule is COc1ccc(OC)c(-c2ccc(OC)c3cccc(OC)c23)c1. The van der Waals surface area contributed by atoms with Crippen LogP contribution in [-0.4, -0.2) is 28.4 Å². The molecule has 0 aliphatic heterocycles. The Morgan fingerprint density at radius 1 is 0.583 bits per heavy atom. The summed E-state index contributed by atoms with van der Waals surface area (Å²) in [5.74, 6) is 3.12. The standard InChI is InChI=1S/C20H20O4/c1-21-13-8-10-18(23-3)16(12-13)14-9-11-17(22-2)15-6-5-7-19(24-4)20(14)15/h5-12H,1-4H3. The molecule has 0 unspecified atom stereocenters. The van der Waals surface area contributed by atoms with Crippen molar-refractivity contribution < 1.29 is 18.9 Å². The fourth-order valence-corrected chi connectivity index (χ4v) is 2.94. The fourth-order valence-electron chi connectivity index (χ4n) is 2.94. The third-order valence-electron chi connectivity index (χ3n) is 4.10. The molecule has 3 aromatic carbocycles. The molecule has 0 heterocycles. The van der Waals surface area contributed by atoms with E-state index in [1.807, 2.05) is 48.5 Å². The van der Waals surface area contributed by atoms with Gasteiger partial charge in [0.15, 0.2) is 0 Å². The number of rotatable bonds is 5. The normalized spacial score (nSPS) is 10.5. The molecule has 0 saturated carbocycles. The Morgan fingerprint density at radius 2 is 1.29 bits per heavy atom. The number of hydrogen-bond acceptors (Lipinski definition) is 4. The van der Waals surface area contributed by atoms with Gasteiger partial charge in [-0.3, -0.25) is 0 Å². The highest BCUT2D eigenvalue weighted by molar-refractivity contribution is 6.05. The molecule has 0 radical (unpaired) electrons. The van der Waals surface area contributed by atoms with E-state index < -0.39 is 0 Å². The zero-order valence-electron chi connectivity index (χ0n) is 14.3. The molecular weight excluding hydrogens is 304 g/mol. The van der Waals surface area contributed by atoms with Crippen LogP contribution in [0.15, 0.2) is 48.5 Å². The minimum atomic E-state index is 0.768. The number of methoxy groups -OCH3 is 4. The highest BCUT2D eigenvalue weighted by atomic mass is 16.5. The summed E-state index contributed by atoms with van der Waals surface area (Å²) >= 11 is 0. The van der Waals surface area contributed by atoms with Crippen LogP contribution in [0.25, 0.3) is 21.9 Å². The Labute approximate surface area is 141 Å². The number of benzene rings is 3. The topological polar surface area (TPSA) is 36.9 Å². The lowest BCUT2D eigenvalue weighted by atomic mass is 9.96. The monoisotopic (exact) mass is 324 g/mol. The molecule has 0 saturated heterocycles. The van der Waals surface area contributed by atoms with Gasteiger partial charge in [-0.2, -0.15) is 0 Å². The van der Waals surface area contributed by atoms with E-state index in [-0.39, 0.29) is 0 Å². The van der Waals surface area contributed by atoms with Crippen LogP contribution in [0, 0.1) is 0 Å². The maximum Gasteiger partial charge on any atom is 0.127 e. The smallest absolute Gasteiger partial charge is 0.127 e. The highest BCUT2D eigenvalue weighted by Gasteiger charge is 2.16. The molecule has 0 aliphatic rings. The molecule has 4 heteroatoms. The van der Waals surface area contributed by atoms with E-state index in [0.717, 1.165) is 44.9 Å². The van der Waals surface area contributed by atoms with Crippen molar-refractivity contribution in [2.45, 2.75) is 0 Å². The third kappa shape index (κ3) is 2.60. The first kappa shape index (κ1) is 16.0. The van der Waals surface area contributed by atoms with Crippen molar-refractivity contribution in [3.63, 3.8) is 0 Å². The van der Waals surface area contributed by atoms with E-state index in [2.05, 4.69) is 0 Å². The van der Waals surface area contributed by atoms with Gasteiger partial charge in [0.25, 0.3) is 0 Å². The molecule has 0 bridgehead atoms. The molecule has 3 aromatic rings. The quantitative estimate of drug-likeness (QED) is 0.690. The van der Waals surface area contributed by atoms with Crippen LogP contribution in [0.5, 0.6) is 23.0 Å². The van der Waals surface area contributed by atoms with E-state index >= 15 is 0 Å². The van der Waals surface area contributed by atoms with Crippen molar-refractivity contribution in [1.29, 1.82) is 0 Å². The zero-order chi connectivity index (χ0) is 17.1. The van der Waals surface area contributed by atoms with Crippen LogP contribution < -0.4 is 18.9 Å². The van der Waals surface area contributed by atoms with Crippen LogP contribution in [0.1, 0.15) is 0 Å². The van der Waals surface area contributed by atoms with E-state index in [1.54, 1.807) is 28.4 Å². The first-order valence-corrected chi connectivity index (χ1v) is 7.59. The second kappa shape index (κ2) is 6.71. The van der Waals surface area contributed by atoms with Gasteiger partial charge in [-0.25, -0.2) is 0 Å². The highest BCUT2D eigenvalue weighted by Crippen LogP contribution is 2.43. The Morgan fingerprint density at radius 3 is 1.96 bits per heavy atom. The second-order valence-corrected chi connectivity index (χ2v) is 5.26. The lowest BCUT2D eigenvalue weighted by Crippen LogP contribution is -1.94. The van der Waals surface area contributed by atoms with Crippen molar-refractivity contribution in [1.82, 2.24) is 0 Å². The predicted molar refractivity (Wildman–Crippen MR) is 95.6 cm³/mol. The van der Waals surface area contributed by atoms with E-state index in [4.69, 9.17) is 18.9 Å². The number of hydrogen-bond donors (Lipinski definition) is 0. The van der Waals surface area contributed by atoms with Gasteiger partial charge in [0.05, 0.1) is 28.4 Å². The molecule has 0 spiro atoms. The van der Waals surface area contributed by atoms with Crippen LogP contribution in [0.3, 0.4) is 0 Å². The summed E-state index contributed by atoms with van der Waals surface area (Å²) in [5.41, 5.74) is 1.94. The van der Waals surface area contributed by atoms with Crippen LogP contribution >= 0.6 is 0 Å². The van der Waals surface area contributed by atoms with Gasteiger partial charge in [-0.1, -0.05) is 12.1 Å². The second-order valence-electron chi connectivity index (χ2n) is 5.26. The first-order valence-electron chi connectivity index (χ1n) is 7.59. The van der Waals surface area contributed by atoms with Crippen molar-refractivity contribution in [3.8, 4) is 34.1 Å². The van der Waals surface area contributed by atoms with Crippen molar-refractivity contribution in [2.24, 2.45) is 0 Å². The number of fused-ring (bicyclic) bond motifs is 1. The molecule has 124 valence electrons. The summed E-state index contributed by atoms with van der Waals surface area (Å²) in [6.07, 6.45) is 0. The molecule has 0 N–H and O–H groups in total. The summed E-state index contributed by atoms with van der Waals surface area (Å²) in [5, 5.41) is 1.96. The van der Waals surface area contributed by atoms with Gasteiger partial charge in [0.2, 0.25) is 0 Å². The molecular formula is C20H20O4. The molecule has 0 aromatic heterocycles. The third-order valence-corrected chi connectivity index (χ3v) is 4.10. The first-order chi connectivity index (χ1) is 11.7. The summed E-state index contributed by atoms with van der Waals surface area (Å²) < 4.78 is 22.0. The van der Waals surface area contributed by atoms with Gasteiger partial charge >= 0.3 is 0 Å². The lowest BCUT2D eigenvalue weighted by molar-refractivity contribution is 0.404. The van der Waals surface area contributed by atoms with Gasteiger partial charge < -0.3 is 18.9 Å². The Bertz CT molecular complexity index is 871. The van der Waals surface area contributed by atoms with Gasteiger partial charge in [0.1, 0.15) is 23.0 Å². The summed E-state index contributed by atoms with van der Waals surface area (Å²) in [6, 6.07) is 15.6. The number of ether oxygens (including phenoxy) is 4. The fraction of sp³-hybridized carbons (Fsp3) is 0.200. The molecule has 3 rings (SSSR count). The minimum absolute atomic E-state index is 0.768. The predicted octanol–water partition coefficient (Wildman–Crippen LogP) is 4.54. The molecule has 0 aliphatic carbocycles. The molecule has 0 fully saturated rings. The molecule has 4 nitrogen and oxygen atoms in total. The van der Waals surface area contributed by atoms with Crippen molar-refractivity contribution in [2.75, 3.05) is 28.4 Å². The van der Waals surface area contributed by atoms with E-state index in [1.165, 1.54) is 0 Å².